The van der Waals surface area contributed by atoms with Gasteiger partial charge in [-0.1, -0.05) is 6.07 Å². The largest absolute Gasteiger partial charge is 0.491 e. The van der Waals surface area contributed by atoms with Crippen molar-refractivity contribution in [3.8, 4) is 5.75 Å². The molecule has 0 aromatic heterocycles. The Morgan fingerprint density at radius 2 is 2.16 bits per heavy atom. The van der Waals surface area contributed by atoms with Gasteiger partial charge in [-0.05, 0) is 31.0 Å². The normalized spacial score (nSPS) is 12.1. The quantitative estimate of drug-likeness (QED) is 0.805. The van der Waals surface area contributed by atoms with E-state index in [-0.39, 0.29) is 18.3 Å². The highest BCUT2D eigenvalue weighted by Gasteiger charge is 2.08. The Labute approximate surface area is 112 Å². The standard InChI is InChI=1S/C14H20FNO3/c1-10(17)11-6-7-13(12(15)9-11)19-8-4-5-14(18)16(2)3/h6-7,9-10,17H,4-5,8H2,1-3H3. The lowest BCUT2D eigenvalue weighted by molar-refractivity contribution is -0.128. The maximum atomic E-state index is 13.6. The summed E-state index contributed by atoms with van der Waals surface area (Å²) in [6, 6.07) is 4.37. The molecule has 1 aromatic carbocycles. The summed E-state index contributed by atoms with van der Waals surface area (Å²) in [6.07, 6.45) is 0.205. The van der Waals surface area contributed by atoms with E-state index in [2.05, 4.69) is 0 Å². The first kappa shape index (κ1) is 15.4. The number of rotatable bonds is 6. The second kappa shape index (κ2) is 7.09. The summed E-state index contributed by atoms with van der Waals surface area (Å²) in [5, 5.41) is 9.32. The molecule has 0 saturated heterocycles. The second-order valence-corrected chi connectivity index (χ2v) is 4.61. The fraction of sp³-hybridized carbons (Fsp3) is 0.500. The van der Waals surface area contributed by atoms with Crippen molar-refractivity contribution in [2.45, 2.75) is 25.9 Å². The van der Waals surface area contributed by atoms with Crippen molar-refractivity contribution in [1.29, 1.82) is 0 Å². The van der Waals surface area contributed by atoms with Gasteiger partial charge in [-0.15, -0.1) is 0 Å². The summed E-state index contributed by atoms with van der Waals surface area (Å²) in [6.45, 7) is 1.85. The molecule has 0 aliphatic rings. The number of carbonyl (C=O) groups is 1. The van der Waals surface area contributed by atoms with Crippen molar-refractivity contribution >= 4 is 5.91 Å². The Kier molecular flexibility index (Phi) is 5.76. The van der Waals surface area contributed by atoms with E-state index in [1.165, 1.54) is 17.0 Å². The number of hydrogen-bond donors (Lipinski definition) is 1. The highest BCUT2D eigenvalue weighted by atomic mass is 19.1. The van der Waals surface area contributed by atoms with Crippen LogP contribution < -0.4 is 4.74 Å². The van der Waals surface area contributed by atoms with Crippen LogP contribution in [0.3, 0.4) is 0 Å². The van der Waals surface area contributed by atoms with Gasteiger partial charge in [0, 0.05) is 20.5 Å². The molecule has 0 aliphatic carbocycles. The highest BCUT2D eigenvalue weighted by molar-refractivity contribution is 5.75. The number of hydrogen-bond acceptors (Lipinski definition) is 3. The van der Waals surface area contributed by atoms with Crippen LogP contribution in [-0.2, 0) is 4.79 Å². The molecule has 0 saturated carbocycles. The van der Waals surface area contributed by atoms with Gasteiger partial charge >= 0.3 is 0 Å². The Bertz CT molecular complexity index is 433. The summed E-state index contributed by atoms with van der Waals surface area (Å²) < 4.78 is 18.9. The van der Waals surface area contributed by atoms with Crippen LogP contribution in [0.4, 0.5) is 4.39 Å². The molecular formula is C14H20FNO3. The minimum Gasteiger partial charge on any atom is -0.491 e. The van der Waals surface area contributed by atoms with Crippen LogP contribution in [0.15, 0.2) is 18.2 Å². The molecule has 0 aliphatic heterocycles. The lowest BCUT2D eigenvalue weighted by atomic mass is 10.1. The number of ether oxygens (including phenoxy) is 1. The van der Waals surface area contributed by atoms with Gasteiger partial charge in [0.1, 0.15) is 0 Å². The molecule has 0 fully saturated rings. The third-order valence-corrected chi connectivity index (χ3v) is 2.73. The predicted octanol–water partition coefficient (Wildman–Crippen LogP) is 2.13. The lowest BCUT2D eigenvalue weighted by Crippen LogP contribution is -2.21. The summed E-state index contributed by atoms with van der Waals surface area (Å²) >= 11 is 0. The van der Waals surface area contributed by atoms with E-state index in [1.54, 1.807) is 27.1 Å². The molecule has 5 heteroatoms. The third-order valence-electron chi connectivity index (χ3n) is 2.73. The smallest absolute Gasteiger partial charge is 0.222 e. The molecule has 1 rings (SSSR count). The van der Waals surface area contributed by atoms with Gasteiger partial charge in [0.15, 0.2) is 11.6 Å². The zero-order chi connectivity index (χ0) is 14.4. The molecule has 4 nitrogen and oxygen atoms in total. The Morgan fingerprint density at radius 1 is 1.47 bits per heavy atom. The number of aliphatic hydroxyl groups excluding tert-OH is 1. The average molecular weight is 269 g/mol. The van der Waals surface area contributed by atoms with Crippen molar-refractivity contribution in [1.82, 2.24) is 4.90 Å². The zero-order valence-electron chi connectivity index (χ0n) is 11.5. The maximum absolute atomic E-state index is 13.6. The van der Waals surface area contributed by atoms with Gasteiger partial charge in [0.05, 0.1) is 12.7 Å². The molecule has 0 spiro atoms. The first-order chi connectivity index (χ1) is 8.91. The molecule has 1 N–H and O–H groups in total. The molecule has 1 aromatic rings. The van der Waals surface area contributed by atoms with Gasteiger partial charge in [0.2, 0.25) is 5.91 Å². The summed E-state index contributed by atoms with van der Waals surface area (Å²) in [5.74, 6) is -0.340. The van der Waals surface area contributed by atoms with E-state index in [0.29, 0.717) is 18.4 Å². The van der Waals surface area contributed by atoms with Crippen molar-refractivity contribution in [2.75, 3.05) is 20.7 Å². The van der Waals surface area contributed by atoms with Crippen molar-refractivity contribution in [3.05, 3.63) is 29.6 Å². The fourth-order valence-corrected chi connectivity index (χ4v) is 1.52. The first-order valence-corrected chi connectivity index (χ1v) is 6.22. The molecule has 1 atom stereocenters. The van der Waals surface area contributed by atoms with E-state index in [1.807, 2.05) is 0 Å². The molecule has 0 bridgehead atoms. The van der Waals surface area contributed by atoms with Gasteiger partial charge in [-0.25, -0.2) is 4.39 Å². The van der Waals surface area contributed by atoms with Gasteiger partial charge in [-0.3, -0.25) is 4.79 Å². The van der Waals surface area contributed by atoms with Crippen LogP contribution in [-0.4, -0.2) is 36.6 Å². The highest BCUT2D eigenvalue weighted by Crippen LogP contribution is 2.22. The van der Waals surface area contributed by atoms with Crippen LogP contribution in [0, 0.1) is 5.82 Å². The van der Waals surface area contributed by atoms with E-state index in [9.17, 15) is 14.3 Å². The van der Waals surface area contributed by atoms with E-state index in [0.717, 1.165) is 0 Å². The van der Waals surface area contributed by atoms with E-state index < -0.39 is 11.9 Å². The average Bonchev–Trinajstić information content (AvgIpc) is 2.35. The number of nitrogens with zero attached hydrogens (tertiary/aromatic N) is 1. The molecule has 1 amide bonds. The number of halogens is 1. The van der Waals surface area contributed by atoms with E-state index in [4.69, 9.17) is 4.74 Å². The number of aliphatic hydroxyl groups is 1. The summed E-state index contributed by atoms with van der Waals surface area (Å²) in [5.41, 5.74) is 0.507. The van der Waals surface area contributed by atoms with Crippen molar-refractivity contribution in [2.24, 2.45) is 0 Å². The molecule has 1 unspecified atom stereocenters. The molecule has 106 valence electrons. The Morgan fingerprint density at radius 3 is 2.68 bits per heavy atom. The molecule has 19 heavy (non-hydrogen) atoms. The predicted molar refractivity (Wildman–Crippen MR) is 70.5 cm³/mol. The van der Waals surface area contributed by atoms with Crippen molar-refractivity contribution < 1.29 is 19.0 Å². The van der Waals surface area contributed by atoms with Crippen LogP contribution in [0.5, 0.6) is 5.75 Å². The third kappa shape index (κ3) is 4.87. The summed E-state index contributed by atoms with van der Waals surface area (Å²) in [7, 11) is 3.38. The molecule has 0 radical (unpaired) electrons. The summed E-state index contributed by atoms with van der Waals surface area (Å²) in [4.78, 5) is 12.8. The second-order valence-electron chi connectivity index (χ2n) is 4.61. The van der Waals surface area contributed by atoms with Gasteiger partial charge in [-0.2, -0.15) is 0 Å². The first-order valence-electron chi connectivity index (χ1n) is 6.22. The maximum Gasteiger partial charge on any atom is 0.222 e. The lowest BCUT2D eigenvalue weighted by Gasteiger charge is -2.11. The minimum absolute atomic E-state index is 0.0218. The van der Waals surface area contributed by atoms with Gasteiger partial charge in [0.25, 0.3) is 0 Å². The Balaban J connectivity index is 2.44. The van der Waals surface area contributed by atoms with Crippen LogP contribution >= 0.6 is 0 Å². The van der Waals surface area contributed by atoms with Crippen LogP contribution in [0.2, 0.25) is 0 Å². The molecular weight excluding hydrogens is 249 g/mol. The number of benzene rings is 1. The van der Waals surface area contributed by atoms with Crippen molar-refractivity contribution in [3.63, 3.8) is 0 Å². The number of carbonyl (C=O) groups excluding carboxylic acids is 1. The van der Waals surface area contributed by atoms with Gasteiger partial charge < -0.3 is 14.7 Å². The van der Waals surface area contributed by atoms with E-state index >= 15 is 0 Å². The SMILES string of the molecule is CC(O)c1ccc(OCCCC(=O)N(C)C)c(F)c1. The van der Waals surface area contributed by atoms with Crippen LogP contribution in [0.1, 0.15) is 31.4 Å². The minimum atomic E-state index is -0.707. The zero-order valence-corrected chi connectivity index (χ0v) is 11.5. The topological polar surface area (TPSA) is 49.8 Å². The van der Waals surface area contributed by atoms with Crippen LogP contribution in [0.25, 0.3) is 0 Å². The fourth-order valence-electron chi connectivity index (χ4n) is 1.52. The number of amides is 1. The monoisotopic (exact) mass is 269 g/mol. The molecule has 0 heterocycles. The Hall–Kier alpha value is -1.62.